The van der Waals surface area contributed by atoms with E-state index in [0.717, 1.165) is 32.1 Å². The number of carboxylic acid groups (broad SMARTS) is 1. The second-order valence-electron chi connectivity index (χ2n) is 7.64. The van der Waals surface area contributed by atoms with Gasteiger partial charge in [-0.15, -0.1) is 0 Å². The molecule has 154 valence electrons. The summed E-state index contributed by atoms with van der Waals surface area (Å²) in [7, 11) is 0. The van der Waals surface area contributed by atoms with Crippen LogP contribution >= 0.6 is 0 Å². The Bertz CT molecular complexity index is 375. The number of aliphatic hydroxyl groups is 2. The minimum absolute atomic E-state index is 0.0336. The number of carboxylic acids is 1. The predicted octanol–water partition coefficient (Wildman–Crippen LogP) is 3.62. The van der Waals surface area contributed by atoms with Gasteiger partial charge in [0.2, 0.25) is 0 Å². The van der Waals surface area contributed by atoms with Crippen LogP contribution in [0.3, 0.4) is 0 Å². The molecule has 26 heavy (non-hydrogen) atoms. The van der Waals surface area contributed by atoms with Crippen molar-refractivity contribution < 1.29 is 29.6 Å². The Morgan fingerprint density at radius 2 is 1.54 bits per heavy atom. The fourth-order valence-electron chi connectivity index (χ4n) is 3.31. The fourth-order valence-corrected chi connectivity index (χ4v) is 3.31. The molecule has 1 aliphatic heterocycles. The van der Waals surface area contributed by atoms with Crippen molar-refractivity contribution in [2.45, 2.75) is 122 Å². The lowest BCUT2D eigenvalue weighted by Crippen LogP contribution is -2.48. The summed E-state index contributed by atoms with van der Waals surface area (Å²) in [6.45, 7) is 3.80. The molecule has 1 saturated heterocycles. The Labute approximate surface area is 157 Å². The molecule has 0 aromatic carbocycles. The van der Waals surface area contributed by atoms with Gasteiger partial charge in [0.25, 0.3) is 0 Å². The summed E-state index contributed by atoms with van der Waals surface area (Å²) in [5.41, 5.74) is 0. The number of aliphatic hydroxyl groups excluding tert-OH is 2. The highest BCUT2D eigenvalue weighted by atomic mass is 16.7. The Morgan fingerprint density at radius 1 is 1.00 bits per heavy atom. The average Bonchev–Trinajstić information content (AvgIpc) is 2.57. The van der Waals surface area contributed by atoms with Crippen molar-refractivity contribution in [1.29, 1.82) is 0 Å². The number of hydrogen-bond donors (Lipinski definition) is 3. The minimum Gasteiger partial charge on any atom is -0.481 e. The molecule has 0 radical (unpaired) electrons. The highest BCUT2D eigenvalue weighted by Crippen LogP contribution is 2.23. The zero-order chi connectivity index (χ0) is 19.4. The Morgan fingerprint density at radius 3 is 2.12 bits per heavy atom. The first-order valence-corrected chi connectivity index (χ1v) is 10.3. The SMILES string of the molecule is C[C@H](CCCCCCCCCCCC(=O)O)O[C@@H]1O[C@@H](C)[C@H](O)C[C@H]1O. The quantitative estimate of drug-likeness (QED) is 0.402. The van der Waals surface area contributed by atoms with E-state index in [2.05, 4.69) is 0 Å². The van der Waals surface area contributed by atoms with Crippen molar-refractivity contribution in [3.05, 3.63) is 0 Å². The van der Waals surface area contributed by atoms with Crippen LogP contribution in [-0.2, 0) is 14.3 Å². The van der Waals surface area contributed by atoms with Crippen LogP contribution in [0.1, 0.15) is 90.9 Å². The molecule has 3 N–H and O–H groups in total. The molecule has 0 aromatic rings. The summed E-state index contributed by atoms with van der Waals surface area (Å²) in [5, 5.41) is 28.2. The zero-order valence-corrected chi connectivity index (χ0v) is 16.4. The lowest BCUT2D eigenvalue weighted by atomic mass is 10.0. The largest absolute Gasteiger partial charge is 0.481 e. The molecule has 0 unspecified atom stereocenters. The van der Waals surface area contributed by atoms with Crippen LogP contribution in [0, 0.1) is 0 Å². The van der Waals surface area contributed by atoms with Crippen molar-refractivity contribution in [2.24, 2.45) is 0 Å². The van der Waals surface area contributed by atoms with Gasteiger partial charge in [0.05, 0.1) is 18.3 Å². The van der Waals surface area contributed by atoms with Gasteiger partial charge >= 0.3 is 5.97 Å². The van der Waals surface area contributed by atoms with Crippen molar-refractivity contribution >= 4 is 5.97 Å². The van der Waals surface area contributed by atoms with Crippen molar-refractivity contribution in [3.8, 4) is 0 Å². The van der Waals surface area contributed by atoms with Gasteiger partial charge < -0.3 is 24.8 Å². The minimum atomic E-state index is -0.765. The van der Waals surface area contributed by atoms with Crippen LogP contribution in [0.5, 0.6) is 0 Å². The number of rotatable bonds is 14. The third-order valence-corrected chi connectivity index (χ3v) is 5.06. The molecular formula is C20H38O6. The van der Waals surface area contributed by atoms with Crippen LogP contribution < -0.4 is 0 Å². The molecule has 1 fully saturated rings. The maximum atomic E-state index is 10.4. The maximum Gasteiger partial charge on any atom is 0.303 e. The molecule has 0 amide bonds. The monoisotopic (exact) mass is 374 g/mol. The highest BCUT2D eigenvalue weighted by molar-refractivity contribution is 5.66. The number of aliphatic carboxylic acids is 1. The lowest BCUT2D eigenvalue weighted by molar-refractivity contribution is -0.273. The van der Waals surface area contributed by atoms with Crippen molar-refractivity contribution in [3.63, 3.8) is 0 Å². The standard InChI is InChI=1S/C20H38O6/c1-15(25-20-18(22)14-17(21)16(2)26-20)12-10-8-6-4-3-5-7-9-11-13-19(23)24/h15-18,20-22H,3-14H2,1-2H3,(H,23,24)/t15-,16+,17-,18-,20-/m1/s1. The zero-order valence-electron chi connectivity index (χ0n) is 16.4. The van der Waals surface area contributed by atoms with E-state index in [4.69, 9.17) is 14.6 Å². The third kappa shape index (κ3) is 10.5. The smallest absolute Gasteiger partial charge is 0.303 e. The molecule has 0 saturated carbocycles. The van der Waals surface area contributed by atoms with Gasteiger partial charge in [-0.2, -0.15) is 0 Å². The third-order valence-electron chi connectivity index (χ3n) is 5.06. The predicted molar refractivity (Wildman–Crippen MR) is 99.9 cm³/mol. The molecule has 0 aliphatic carbocycles. The summed E-state index contributed by atoms with van der Waals surface area (Å²) < 4.78 is 11.3. The Balaban J connectivity index is 1.93. The van der Waals surface area contributed by atoms with Crippen LogP contribution in [-0.4, -0.2) is 52.0 Å². The van der Waals surface area contributed by atoms with E-state index in [1.807, 2.05) is 6.92 Å². The molecule has 5 atom stereocenters. The van der Waals surface area contributed by atoms with Gasteiger partial charge in [0.15, 0.2) is 6.29 Å². The number of ether oxygens (including phenoxy) is 2. The lowest BCUT2D eigenvalue weighted by Gasteiger charge is -2.36. The topological polar surface area (TPSA) is 96.2 Å². The number of unbranched alkanes of at least 4 members (excludes halogenated alkanes) is 8. The highest BCUT2D eigenvalue weighted by Gasteiger charge is 2.35. The van der Waals surface area contributed by atoms with E-state index in [1.165, 1.54) is 32.1 Å². The number of hydrogen-bond acceptors (Lipinski definition) is 5. The first kappa shape index (κ1) is 23.3. The second kappa shape index (κ2) is 13.5. The Hall–Kier alpha value is -0.690. The molecule has 0 aromatic heterocycles. The summed E-state index contributed by atoms with van der Waals surface area (Å²) >= 11 is 0. The van der Waals surface area contributed by atoms with Gasteiger partial charge in [-0.05, 0) is 26.7 Å². The van der Waals surface area contributed by atoms with Crippen LogP contribution in [0.2, 0.25) is 0 Å². The second-order valence-corrected chi connectivity index (χ2v) is 7.64. The van der Waals surface area contributed by atoms with Gasteiger partial charge in [-0.25, -0.2) is 0 Å². The van der Waals surface area contributed by atoms with E-state index in [1.54, 1.807) is 6.92 Å². The van der Waals surface area contributed by atoms with Crippen LogP contribution in [0.4, 0.5) is 0 Å². The molecule has 6 nitrogen and oxygen atoms in total. The van der Waals surface area contributed by atoms with E-state index in [-0.39, 0.29) is 12.2 Å². The van der Waals surface area contributed by atoms with Crippen molar-refractivity contribution in [2.75, 3.05) is 0 Å². The molecule has 6 heteroatoms. The molecular weight excluding hydrogens is 336 g/mol. The summed E-state index contributed by atoms with van der Waals surface area (Å²) in [6.07, 6.45) is 9.33. The summed E-state index contributed by atoms with van der Waals surface area (Å²) in [5.74, 6) is -0.695. The maximum absolute atomic E-state index is 10.4. The van der Waals surface area contributed by atoms with Crippen molar-refractivity contribution in [1.82, 2.24) is 0 Å². The van der Waals surface area contributed by atoms with E-state index < -0.39 is 24.5 Å². The van der Waals surface area contributed by atoms with Gasteiger partial charge in [0.1, 0.15) is 6.10 Å². The normalized spacial score (nSPS) is 27.4. The number of carbonyl (C=O) groups is 1. The molecule has 0 bridgehead atoms. The van der Waals surface area contributed by atoms with Crippen LogP contribution in [0.15, 0.2) is 0 Å². The average molecular weight is 375 g/mol. The molecule has 1 rings (SSSR count). The van der Waals surface area contributed by atoms with E-state index >= 15 is 0 Å². The van der Waals surface area contributed by atoms with Gasteiger partial charge in [0, 0.05) is 12.8 Å². The summed E-state index contributed by atoms with van der Waals surface area (Å²) in [6, 6.07) is 0. The first-order chi connectivity index (χ1) is 12.4. The first-order valence-electron chi connectivity index (χ1n) is 10.3. The molecule has 1 aliphatic rings. The van der Waals surface area contributed by atoms with Gasteiger partial charge in [-0.1, -0.05) is 51.4 Å². The summed E-state index contributed by atoms with van der Waals surface area (Å²) in [4.78, 5) is 10.4. The van der Waals surface area contributed by atoms with E-state index in [0.29, 0.717) is 12.8 Å². The van der Waals surface area contributed by atoms with E-state index in [9.17, 15) is 15.0 Å². The van der Waals surface area contributed by atoms with Crippen LogP contribution in [0.25, 0.3) is 0 Å². The van der Waals surface area contributed by atoms with Gasteiger partial charge in [-0.3, -0.25) is 4.79 Å². The Kier molecular flexibility index (Phi) is 12.1. The molecule has 0 spiro atoms. The fraction of sp³-hybridized carbons (Fsp3) is 0.950. The molecule has 1 heterocycles.